The second-order valence-electron chi connectivity index (χ2n) is 5.21. The van der Waals surface area contributed by atoms with Crippen LogP contribution in [0.2, 0.25) is 0 Å². The molecule has 122 valence electrons. The fourth-order valence-electron chi connectivity index (χ4n) is 2.30. The Morgan fingerprint density at radius 1 is 1.13 bits per heavy atom. The Balaban J connectivity index is 1.87. The highest BCUT2D eigenvalue weighted by atomic mass is 19.1. The Bertz CT molecular complexity index is 622. The fraction of sp³-hybridized carbons (Fsp3) is 0.333. The quantitative estimate of drug-likeness (QED) is 0.852. The molecule has 0 saturated heterocycles. The molecule has 0 aliphatic heterocycles. The molecule has 1 heterocycles. The van der Waals surface area contributed by atoms with Gasteiger partial charge >= 0.3 is 0 Å². The lowest BCUT2D eigenvalue weighted by atomic mass is 10.1. The van der Waals surface area contributed by atoms with Crippen molar-refractivity contribution in [2.75, 3.05) is 25.0 Å². The van der Waals surface area contributed by atoms with Crippen LogP contribution >= 0.6 is 0 Å². The van der Waals surface area contributed by atoms with E-state index in [2.05, 4.69) is 10.3 Å². The third-order valence-corrected chi connectivity index (χ3v) is 3.69. The molecule has 2 rings (SSSR count). The summed E-state index contributed by atoms with van der Waals surface area (Å²) in [6.07, 6.45) is 2.46. The summed E-state index contributed by atoms with van der Waals surface area (Å²) in [5.41, 5.74) is 2.39. The van der Waals surface area contributed by atoms with Crippen molar-refractivity contribution in [3.8, 4) is 0 Å². The van der Waals surface area contributed by atoms with Crippen LogP contribution in [0.4, 0.5) is 10.1 Å². The average Bonchev–Trinajstić information content (AvgIpc) is 2.58. The number of benzene rings is 1. The molecule has 5 heteroatoms. The van der Waals surface area contributed by atoms with Gasteiger partial charge in [0.15, 0.2) is 0 Å². The number of nitrogens with one attached hydrogen (secondary N) is 1. The highest BCUT2D eigenvalue weighted by Gasteiger charge is 2.13. The molecule has 0 bridgehead atoms. The van der Waals surface area contributed by atoms with Gasteiger partial charge in [-0.3, -0.25) is 4.79 Å². The van der Waals surface area contributed by atoms with Gasteiger partial charge in [-0.25, -0.2) is 9.37 Å². The second-order valence-corrected chi connectivity index (χ2v) is 5.21. The van der Waals surface area contributed by atoms with Crippen LogP contribution in [0, 0.1) is 5.82 Å². The summed E-state index contributed by atoms with van der Waals surface area (Å²) in [5, 5.41) is 3.25. The van der Waals surface area contributed by atoms with Gasteiger partial charge < -0.3 is 10.2 Å². The predicted octanol–water partition coefficient (Wildman–Crippen LogP) is 3.36. The minimum atomic E-state index is -0.223. The summed E-state index contributed by atoms with van der Waals surface area (Å²) in [5.74, 6) is -0.271. The van der Waals surface area contributed by atoms with Gasteiger partial charge in [0.1, 0.15) is 11.5 Å². The number of halogens is 1. The van der Waals surface area contributed by atoms with Gasteiger partial charge in [-0.2, -0.15) is 0 Å². The van der Waals surface area contributed by atoms with Crippen LogP contribution in [0.5, 0.6) is 0 Å². The third kappa shape index (κ3) is 4.77. The van der Waals surface area contributed by atoms with E-state index in [4.69, 9.17) is 0 Å². The Hall–Kier alpha value is -2.43. The largest absolute Gasteiger partial charge is 0.383 e. The number of aromatic nitrogens is 1. The number of carbonyl (C=O) groups excluding carboxylic acids is 1. The minimum absolute atomic E-state index is 0.0483. The lowest BCUT2D eigenvalue weighted by molar-refractivity contribution is 0.0767. The van der Waals surface area contributed by atoms with Crippen LogP contribution in [-0.4, -0.2) is 35.4 Å². The van der Waals surface area contributed by atoms with Gasteiger partial charge in [-0.15, -0.1) is 0 Å². The number of nitrogens with zero attached hydrogens (tertiary/aromatic N) is 2. The van der Waals surface area contributed by atoms with Crippen LogP contribution in [0.15, 0.2) is 42.6 Å². The third-order valence-electron chi connectivity index (χ3n) is 3.69. The van der Waals surface area contributed by atoms with E-state index in [-0.39, 0.29) is 11.7 Å². The SMILES string of the molecule is CCN(CC)C(=O)c1ccc(NCCc2ccc(F)cc2)cn1. The van der Waals surface area contributed by atoms with Crippen molar-refractivity contribution in [2.45, 2.75) is 20.3 Å². The van der Waals surface area contributed by atoms with E-state index in [1.165, 1.54) is 12.1 Å². The molecule has 0 unspecified atom stereocenters. The normalized spacial score (nSPS) is 10.4. The first kappa shape index (κ1) is 16.9. The number of anilines is 1. The van der Waals surface area contributed by atoms with Crippen molar-refractivity contribution in [1.82, 2.24) is 9.88 Å². The molecular formula is C18H22FN3O. The van der Waals surface area contributed by atoms with E-state index >= 15 is 0 Å². The van der Waals surface area contributed by atoms with Gasteiger partial charge in [-0.1, -0.05) is 12.1 Å². The molecule has 0 aliphatic rings. The summed E-state index contributed by atoms with van der Waals surface area (Å²) in [4.78, 5) is 18.1. The van der Waals surface area contributed by atoms with Crippen molar-refractivity contribution in [3.63, 3.8) is 0 Å². The molecule has 1 amide bonds. The zero-order chi connectivity index (χ0) is 16.7. The summed E-state index contributed by atoms with van der Waals surface area (Å²) >= 11 is 0. The van der Waals surface area contributed by atoms with Gasteiger partial charge in [0, 0.05) is 19.6 Å². The van der Waals surface area contributed by atoms with Crippen molar-refractivity contribution in [2.24, 2.45) is 0 Å². The molecule has 2 aromatic rings. The lowest BCUT2D eigenvalue weighted by Crippen LogP contribution is -2.31. The van der Waals surface area contributed by atoms with E-state index in [0.29, 0.717) is 18.8 Å². The summed E-state index contributed by atoms with van der Waals surface area (Å²) in [6.45, 7) is 5.97. The zero-order valence-corrected chi connectivity index (χ0v) is 13.6. The molecule has 1 aromatic heterocycles. The monoisotopic (exact) mass is 315 g/mol. The molecular weight excluding hydrogens is 293 g/mol. The maximum Gasteiger partial charge on any atom is 0.272 e. The Morgan fingerprint density at radius 2 is 1.83 bits per heavy atom. The fourth-order valence-corrected chi connectivity index (χ4v) is 2.30. The van der Waals surface area contributed by atoms with Gasteiger partial charge in [-0.05, 0) is 50.1 Å². The van der Waals surface area contributed by atoms with E-state index in [1.807, 2.05) is 19.9 Å². The van der Waals surface area contributed by atoms with Gasteiger partial charge in [0.05, 0.1) is 11.9 Å². The number of amides is 1. The van der Waals surface area contributed by atoms with Crippen LogP contribution in [0.3, 0.4) is 0 Å². The van der Waals surface area contributed by atoms with Crippen LogP contribution in [0.25, 0.3) is 0 Å². The smallest absolute Gasteiger partial charge is 0.272 e. The molecule has 4 nitrogen and oxygen atoms in total. The maximum absolute atomic E-state index is 12.8. The molecule has 1 N–H and O–H groups in total. The van der Waals surface area contributed by atoms with Crippen LogP contribution in [-0.2, 0) is 6.42 Å². The Kier molecular flexibility index (Phi) is 6.09. The molecule has 0 spiro atoms. The maximum atomic E-state index is 12.8. The zero-order valence-electron chi connectivity index (χ0n) is 13.6. The molecule has 1 aromatic carbocycles. The lowest BCUT2D eigenvalue weighted by Gasteiger charge is -2.18. The van der Waals surface area contributed by atoms with Crippen molar-refractivity contribution >= 4 is 11.6 Å². The first-order valence-electron chi connectivity index (χ1n) is 7.87. The van der Waals surface area contributed by atoms with Crippen molar-refractivity contribution < 1.29 is 9.18 Å². The number of rotatable bonds is 7. The standard InChI is InChI=1S/C18H22FN3O/c1-3-22(4-2)18(23)17-10-9-16(13-21-17)20-12-11-14-5-7-15(19)8-6-14/h5-10,13,20H,3-4,11-12H2,1-2H3. The Morgan fingerprint density at radius 3 is 2.39 bits per heavy atom. The van der Waals surface area contributed by atoms with E-state index in [1.54, 1.807) is 29.3 Å². The highest BCUT2D eigenvalue weighted by molar-refractivity contribution is 5.92. The molecule has 0 fully saturated rings. The summed E-state index contributed by atoms with van der Waals surface area (Å²) < 4.78 is 12.8. The van der Waals surface area contributed by atoms with Gasteiger partial charge in [0.2, 0.25) is 0 Å². The molecule has 0 radical (unpaired) electrons. The van der Waals surface area contributed by atoms with Crippen molar-refractivity contribution in [3.05, 3.63) is 59.7 Å². The number of hydrogen-bond donors (Lipinski definition) is 1. The van der Waals surface area contributed by atoms with E-state index in [9.17, 15) is 9.18 Å². The molecule has 0 atom stereocenters. The van der Waals surface area contributed by atoms with E-state index in [0.717, 1.165) is 24.2 Å². The minimum Gasteiger partial charge on any atom is -0.383 e. The molecule has 0 aliphatic carbocycles. The summed E-state index contributed by atoms with van der Waals surface area (Å²) in [7, 11) is 0. The summed E-state index contributed by atoms with van der Waals surface area (Å²) in [6, 6.07) is 10.1. The van der Waals surface area contributed by atoms with Crippen LogP contribution in [0.1, 0.15) is 29.9 Å². The number of pyridine rings is 1. The van der Waals surface area contributed by atoms with Crippen molar-refractivity contribution in [1.29, 1.82) is 0 Å². The molecule has 23 heavy (non-hydrogen) atoms. The predicted molar refractivity (Wildman–Crippen MR) is 90.1 cm³/mol. The number of hydrogen-bond acceptors (Lipinski definition) is 3. The molecule has 0 saturated carbocycles. The van der Waals surface area contributed by atoms with Crippen LogP contribution < -0.4 is 5.32 Å². The topological polar surface area (TPSA) is 45.2 Å². The van der Waals surface area contributed by atoms with Gasteiger partial charge in [0.25, 0.3) is 5.91 Å². The second kappa shape index (κ2) is 8.27. The van der Waals surface area contributed by atoms with E-state index < -0.39 is 0 Å². The highest BCUT2D eigenvalue weighted by Crippen LogP contribution is 2.09. The first-order valence-corrected chi connectivity index (χ1v) is 7.87. The number of carbonyl (C=O) groups is 1. The average molecular weight is 315 g/mol. The first-order chi connectivity index (χ1) is 11.1. The Labute approximate surface area is 136 Å².